The fraction of sp³-hybridized carbons (Fsp3) is 0.625. The van der Waals surface area contributed by atoms with E-state index in [0.29, 0.717) is 5.92 Å². The van der Waals surface area contributed by atoms with Gasteiger partial charge in [0, 0.05) is 0 Å². The fourth-order valence-corrected chi connectivity index (χ4v) is 2.40. The second-order valence-corrected chi connectivity index (χ2v) is 4.89. The summed E-state index contributed by atoms with van der Waals surface area (Å²) in [5.74, 6) is 0.669. The Balaban J connectivity index is 2.33. The van der Waals surface area contributed by atoms with Crippen LogP contribution in [0.5, 0.6) is 0 Å². The summed E-state index contributed by atoms with van der Waals surface area (Å²) in [7, 11) is 0. The Kier molecular flexibility index (Phi) is 7.74. The van der Waals surface area contributed by atoms with Gasteiger partial charge in [-0.15, -0.1) is 0 Å². The lowest BCUT2D eigenvalue weighted by Crippen LogP contribution is -2.07. The Labute approximate surface area is 106 Å². The molecule has 0 spiro atoms. The molecule has 1 unspecified atom stereocenters. The van der Waals surface area contributed by atoms with Crippen LogP contribution < -0.4 is 5.73 Å². The van der Waals surface area contributed by atoms with Crippen LogP contribution >= 0.6 is 0 Å². The summed E-state index contributed by atoms with van der Waals surface area (Å²) in [6, 6.07) is 10.8. The van der Waals surface area contributed by atoms with Gasteiger partial charge in [-0.1, -0.05) is 69.4 Å². The molecule has 0 amide bonds. The third kappa shape index (κ3) is 5.88. The Hall–Kier alpha value is -0.820. The van der Waals surface area contributed by atoms with Crippen molar-refractivity contribution < 1.29 is 0 Å². The lowest BCUT2D eigenvalue weighted by atomic mass is 9.90. The maximum absolute atomic E-state index is 5.72. The first-order valence-electron chi connectivity index (χ1n) is 7.13. The topological polar surface area (TPSA) is 26.0 Å². The maximum atomic E-state index is 5.72. The van der Waals surface area contributed by atoms with Crippen LogP contribution in [0.2, 0.25) is 0 Å². The molecule has 1 rings (SSSR count). The van der Waals surface area contributed by atoms with Crippen molar-refractivity contribution in [2.45, 2.75) is 57.8 Å². The molecule has 1 aromatic carbocycles. The van der Waals surface area contributed by atoms with Crippen LogP contribution in [0, 0.1) is 0 Å². The first-order valence-corrected chi connectivity index (χ1v) is 7.13. The van der Waals surface area contributed by atoms with Crippen LogP contribution in [0.1, 0.15) is 63.4 Å². The zero-order valence-corrected chi connectivity index (χ0v) is 11.2. The molecular formula is C16H27N. The third-order valence-corrected chi connectivity index (χ3v) is 3.44. The van der Waals surface area contributed by atoms with Crippen LogP contribution in [0.4, 0.5) is 0 Å². The quantitative estimate of drug-likeness (QED) is 0.625. The van der Waals surface area contributed by atoms with Crippen LogP contribution in [0.15, 0.2) is 30.3 Å². The second kappa shape index (κ2) is 9.23. The number of hydrogen-bond acceptors (Lipinski definition) is 1. The number of hydrogen-bond donors (Lipinski definition) is 1. The number of unbranched alkanes of at least 4 members (excludes halogenated alkanes) is 4. The van der Waals surface area contributed by atoms with E-state index < -0.39 is 0 Å². The molecule has 1 heteroatoms. The summed E-state index contributed by atoms with van der Waals surface area (Å²) in [4.78, 5) is 0. The number of benzene rings is 1. The van der Waals surface area contributed by atoms with Crippen molar-refractivity contribution in [3.63, 3.8) is 0 Å². The predicted molar refractivity (Wildman–Crippen MR) is 76.2 cm³/mol. The Morgan fingerprint density at radius 2 is 1.65 bits per heavy atom. The van der Waals surface area contributed by atoms with E-state index in [1.54, 1.807) is 0 Å². The smallest absolute Gasteiger partial charge is 0.00714 e. The summed E-state index contributed by atoms with van der Waals surface area (Å²) >= 11 is 0. The number of rotatable bonds is 9. The van der Waals surface area contributed by atoms with Gasteiger partial charge in [0.2, 0.25) is 0 Å². The van der Waals surface area contributed by atoms with Gasteiger partial charge in [-0.25, -0.2) is 0 Å². The number of nitrogens with two attached hydrogens (primary N) is 1. The van der Waals surface area contributed by atoms with Gasteiger partial charge in [-0.3, -0.25) is 0 Å². The molecule has 1 nitrogen and oxygen atoms in total. The van der Waals surface area contributed by atoms with Crippen LogP contribution in [-0.2, 0) is 0 Å². The van der Waals surface area contributed by atoms with E-state index in [4.69, 9.17) is 5.73 Å². The summed E-state index contributed by atoms with van der Waals surface area (Å²) in [6.07, 6.45) is 9.24. The molecule has 0 saturated carbocycles. The standard InChI is InChI=1S/C16H27N/c1-2-3-4-5-7-12-16(13-14-17)15-10-8-6-9-11-15/h6,8-11,16H,2-5,7,12-14,17H2,1H3. The minimum atomic E-state index is 0.669. The highest BCUT2D eigenvalue weighted by molar-refractivity contribution is 5.19. The molecule has 17 heavy (non-hydrogen) atoms. The first-order chi connectivity index (χ1) is 8.38. The van der Waals surface area contributed by atoms with E-state index in [1.165, 1.54) is 44.1 Å². The van der Waals surface area contributed by atoms with Gasteiger partial charge in [-0.2, -0.15) is 0 Å². The highest BCUT2D eigenvalue weighted by Gasteiger charge is 2.09. The molecule has 2 N–H and O–H groups in total. The largest absolute Gasteiger partial charge is 0.330 e. The summed E-state index contributed by atoms with van der Waals surface area (Å²) in [6.45, 7) is 3.07. The van der Waals surface area contributed by atoms with Crippen molar-refractivity contribution in [3.8, 4) is 0 Å². The van der Waals surface area contributed by atoms with Crippen molar-refractivity contribution in [2.75, 3.05) is 6.54 Å². The normalized spacial score (nSPS) is 12.6. The Morgan fingerprint density at radius 3 is 2.29 bits per heavy atom. The minimum absolute atomic E-state index is 0.669. The molecule has 0 bridgehead atoms. The fourth-order valence-electron chi connectivity index (χ4n) is 2.40. The maximum Gasteiger partial charge on any atom is -0.00714 e. The zero-order valence-electron chi connectivity index (χ0n) is 11.2. The molecule has 96 valence electrons. The lowest BCUT2D eigenvalue weighted by Gasteiger charge is -2.16. The average Bonchev–Trinajstić information content (AvgIpc) is 2.38. The molecule has 1 aromatic rings. The molecule has 0 aliphatic heterocycles. The van der Waals surface area contributed by atoms with E-state index in [-0.39, 0.29) is 0 Å². The highest BCUT2D eigenvalue weighted by atomic mass is 14.5. The Morgan fingerprint density at radius 1 is 0.941 bits per heavy atom. The lowest BCUT2D eigenvalue weighted by molar-refractivity contribution is 0.525. The van der Waals surface area contributed by atoms with Crippen LogP contribution in [0.3, 0.4) is 0 Å². The molecule has 1 atom stereocenters. The first kappa shape index (κ1) is 14.2. The summed E-state index contributed by atoms with van der Waals surface area (Å²) < 4.78 is 0. The molecule has 0 radical (unpaired) electrons. The van der Waals surface area contributed by atoms with Crippen molar-refractivity contribution in [3.05, 3.63) is 35.9 Å². The molecule has 0 saturated heterocycles. The van der Waals surface area contributed by atoms with Gasteiger partial charge in [-0.05, 0) is 30.9 Å². The van der Waals surface area contributed by atoms with Crippen LogP contribution in [0.25, 0.3) is 0 Å². The van der Waals surface area contributed by atoms with Gasteiger partial charge in [0.1, 0.15) is 0 Å². The third-order valence-electron chi connectivity index (χ3n) is 3.44. The van der Waals surface area contributed by atoms with Gasteiger partial charge < -0.3 is 5.73 Å². The predicted octanol–water partition coefficient (Wildman–Crippen LogP) is 4.48. The van der Waals surface area contributed by atoms with Crippen molar-refractivity contribution in [1.29, 1.82) is 0 Å². The van der Waals surface area contributed by atoms with Gasteiger partial charge in [0.25, 0.3) is 0 Å². The summed E-state index contributed by atoms with van der Waals surface area (Å²) in [5, 5.41) is 0. The molecular weight excluding hydrogens is 206 g/mol. The van der Waals surface area contributed by atoms with E-state index in [2.05, 4.69) is 37.3 Å². The zero-order chi connectivity index (χ0) is 12.3. The minimum Gasteiger partial charge on any atom is -0.330 e. The van der Waals surface area contributed by atoms with Gasteiger partial charge in [0.15, 0.2) is 0 Å². The molecule has 0 aliphatic carbocycles. The molecule has 0 aromatic heterocycles. The highest BCUT2D eigenvalue weighted by Crippen LogP contribution is 2.25. The van der Waals surface area contributed by atoms with Gasteiger partial charge in [0.05, 0.1) is 0 Å². The van der Waals surface area contributed by atoms with Gasteiger partial charge >= 0.3 is 0 Å². The molecule has 0 aliphatic rings. The van der Waals surface area contributed by atoms with Crippen LogP contribution in [-0.4, -0.2) is 6.54 Å². The van der Waals surface area contributed by atoms with E-state index in [0.717, 1.165) is 13.0 Å². The van der Waals surface area contributed by atoms with Crippen molar-refractivity contribution in [2.24, 2.45) is 5.73 Å². The van der Waals surface area contributed by atoms with E-state index in [1.807, 2.05) is 0 Å². The molecule has 0 fully saturated rings. The second-order valence-electron chi connectivity index (χ2n) is 4.89. The van der Waals surface area contributed by atoms with Crippen molar-refractivity contribution in [1.82, 2.24) is 0 Å². The van der Waals surface area contributed by atoms with E-state index >= 15 is 0 Å². The molecule has 0 heterocycles. The Bertz CT molecular complexity index is 268. The van der Waals surface area contributed by atoms with Crippen molar-refractivity contribution >= 4 is 0 Å². The van der Waals surface area contributed by atoms with E-state index in [9.17, 15) is 0 Å². The SMILES string of the molecule is CCCCCCCC(CCN)c1ccccc1. The monoisotopic (exact) mass is 233 g/mol. The average molecular weight is 233 g/mol. The summed E-state index contributed by atoms with van der Waals surface area (Å²) in [5.41, 5.74) is 7.18.